The van der Waals surface area contributed by atoms with Crippen molar-refractivity contribution < 1.29 is 9.59 Å². The quantitative estimate of drug-likeness (QED) is 0.752. The summed E-state index contributed by atoms with van der Waals surface area (Å²) in [5.41, 5.74) is 3.05. The number of hydrogen-bond donors (Lipinski definition) is 3. The second kappa shape index (κ2) is 8.71. The normalized spacial score (nSPS) is 16.2. The minimum absolute atomic E-state index is 0.229. The number of likely N-dealkylation sites (N-methyl/N-ethyl adjacent to an activating group) is 2. The highest BCUT2D eigenvalue weighted by Gasteiger charge is 2.18. The lowest BCUT2D eigenvalue weighted by molar-refractivity contribution is -0.122. The van der Waals surface area contributed by atoms with E-state index in [1.54, 1.807) is 14.0 Å². The van der Waals surface area contributed by atoms with Crippen LogP contribution < -0.4 is 20.9 Å². The molecule has 1 fully saturated rings. The number of piperazine rings is 1. The van der Waals surface area contributed by atoms with Gasteiger partial charge in [0, 0.05) is 44.6 Å². The molecule has 0 radical (unpaired) electrons. The molecule has 1 aliphatic rings. The van der Waals surface area contributed by atoms with Gasteiger partial charge in [0.25, 0.3) is 0 Å². The van der Waals surface area contributed by atoms with Gasteiger partial charge in [0.05, 0.1) is 0 Å². The summed E-state index contributed by atoms with van der Waals surface area (Å²) in [6, 6.07) is 4.94. The van der Waals surface area contributed by atoms with E-state index in [-0.39, 0.29) is 11.9 Å². The predicted octanol–water partition coefficient (Wildman–Crippen LogP) is 1.39. The Kier molecular flexibility index (Phi) is 6.64. The minimum Gasteiger partial charge on any atom is -0.369 e. The van der Waals surface area contributed by atoms with Crippen LogP contribution in [0.15, 0.2) is 18.2 Å². The van der Waals surface area contributed by atoms with Crippen molar-refractivity contribution in [3.63, 3.8) is 0 Å². The van der Waals surface area contributed by atoms with Crippen molar-refractivity contribution in [1.29, 1.82) is 0 Å². The van der Waals surface area contributed by atoms with Crippen LogP contribution in [0.3, 0.4) is 0 Å². The number of urea groups is 1. The molecule has 3 N–H and O–H groups in total. The second-order valence-electron chi connectivity index (χ2n) is 6.36. The zero-order valence-corrected chi connectivity index (χ0v) is 15.6. The summed E-state index contributed by atoms with van der Waals surface area (Å²) in [5.74, 6) is -0.229. The predicted molar refractivity (Wildman–Crippen MR) is 101 cm³/mol. The fourth-order valence-electron chi connectivity index (χ4n) is 3.04. The van der Waals surface area contributed by atoms with E-state index in [9.17, 15) is 9.59 Å². The maximum atomic E-state index is 12.0. The Bertz CT molecular complexity index is 611. The van der Waals surface area contributed by atoms with Crippen molar-refractivity contribution in [2.45, 2.75) is 26.8 Å². The number of carbonyl (C=O) groups excluding carboxylic acids is 2. The third-order valence-electron chi connectivity index (χ3n) is 4.60. The van der Waals surface area contributed by atoms with E-state index in [0.29, 0.717) is 0 Å². The van der Waals surface area contributed by atoms with Gasteiger partial charge in [-0.15, -0.1) is 0 Å². The van der Waals surface area contributed by atoms with Crippen molar-refractivity contribution in [2.75, 3.05) is 50.0 Å². The van der Waals surface area contributed by atoms with Gasteiger partial charge >= 0.3 is 6.03 Å². The van der Waals surface area contributed by atoms with Gasteiger partial charge in [0.2, 0.25) is 5.91 Å². The molecule has 0 bridgehead atoms. The largest absolute Gasteiger partial charge is 0.369 e. The van der Waals surface area contributed by atoms with E-state index in [0.717, 1.165) is 44.0 Å². The van der Waals surface area contributed by atoms with Crippen LogP contribution in [0.2, 0.25) is 0 Å². The number of anilines is 2. The number of amides is 3. The van der Waals surface area contributed by atoms with E-state index in [1.807, 2.05) is 12.1 Å². The number of nitrogens with zero attached hydrogens (tertiary/aromatic N) is 2. The van der Waals surface area contributed by atoms with E-state index in [4.69, 9.17) is 0 Å². The number of carbonyl (C=O) groups is 2. The van der Waals surface area contributed by atoms with Gasteiger partial charge in [-0.1, -0.05) is 6.92 Å². The molecule has 0 aliphatic carbocycles. The van der Waals surface area contributed by atoms with Crippen LogP contribution in [0.25, 0.3) is 0 Å². The van der Waals surface area contributed by atoms with Gasteiger partial charge in [0.1, 0.15) is 6.04 Å². The Morgan fingerprint density at radius 1 is 1.20 bits per heavy atom. The first-order chi connectivity index (χ1) is 11.9. The molecule has 0 aromatic heterocycles. The van der Waals surface area contributed by atoms with Gasteiger partial charge in [0.15, 0.2) is 0 Å². The summed E-state index contributed by atoms with van der Waals surface area (Å²) in [5, 5.41) is 7.90. The summed E-state index contributed by atoms with van der Waals surface area (Å²) in [4.78, 5) is 28.3. The highest BCUT2D eigenvalue weighted by molar-refractivity contribution is 5.93. The van der Waals surface area contributed by atoms with Gasteiger partial charge < -0.3 is 25.8 Å². The third-order valence-corrected chi connectivity index (χ3v) is 4.60. The van der Waals surface area contributed by atoms with E-state index in [2.05, 4.69) is 45.7 Å². The first-order valence-corrected chi connectivity index (χ1v) is 8.81. The molecule has 0 unspecified atom stereocenters. The number of rotatable bonds is 5. The van der Waals surface area contributed by atoms with Crippen LogP contribution in [-0.4, -0.2) is 62.7 Å². The van der Waals surface area contributed by atoms with Crippen LogP contribution >= 0.6 is 0 Å². The summed E-state index contributed by atoms with van der Waals surface area (Å²) in [6.07, 6.45) is 0. The molecule has 2 rings (SSSR count). The molecule has 138 valence electrons. The van der Waals surface area contributed by atoms with Crippen molar-refractivity contribution in [3.8, 4) is 0 Å². The molecule has 7 heteroatoms. The van der Waals surface area contributed by atoms with Crippen LogP contribution in [0.1, 0.15) is 19.4 Å². The summed E-state index contributed by atoms with van der Waals surface area (Å²) < 4.78 is 0. The van der Waals surface area contributed by atoms with Crippen molar-refractivity contribution in [1.82, 2.24) is 15.5 Å². The molecule has 3 amide bonds. The average molecular weight is 347 g/mol. The topological polar surface area (TPSA) is 76.7 Å². The summed E-state index contributed by atoms with van der Waals surface area (Å²) in [7, 11) is 1.54. The molecular formula is C18H29N5O2. The van der Waals surface area contributed by atoms with Crippen molar-refractivity contribution >= 4 is 23.3 Å². The zero-order chi connectivity index (χ0) is 18.4. The Morgan fingerprint density at radius 3 is 2.44 bits per heavy atom. The maximum Gasteiger partial charge on any atom is 0.319 e. The molecule has 1 saturated heterocycles. The Labute approximate surface area is 149 Å². The lowest BCUT2D eigenvalue weighted by Crippen LogP contribution is -2.46. The fourth-order valence-corrected chi connectivity index (χ4v) is 3.04. The van der Waals surface area contributed by atoms with Crippen LogP contribution in [0, 0.1) is 6.92 Å². The molecule has 1 atom stereocenters. The lowest BCUT2D eigenvalue weighted by atomic mass is 10.1. The molecular weight excluding hydrogens is 318 g/mol. The van der Waals surface area contributed by atoms with Crippen LogP contribution in [0.4, 0.5) is 16.2 Å². The van der Waals surface area contributed by atoms with Crippen LogP contribution in [-0.2, 0) is 4.79 Å². The highest BCUT2D eigenvalue weighted by atomic mass is 16.2. The minimum atomic E-state index is -0.583. The highest BCUT2D eigenvalue weighted by Crippen LogP contribution is 2.24. The Balaban J connectivity index is 1.95. The first kappa shape index (κ1) is 19.1. The van der Waals surface area contributed by atoms with Gasteiger partial charge in [-0.05, 0) is 44.2 Å². The van der Waals surface area contributed by atoms with Crippen molar-refractivity contribution in [3.05, 3.63) is 23.8 Å². The fraction of sp³-hybridized carbons (Fsp3) is 0.556. The molecule has 25 heavy (non-hydrogen) atoms. The second-order valence-corrected chi connectivity index (χ2v) is 6.36. The SMILES string of the molecule is CCN1CCN(c2ccc(NC(=O)N[C@H](C)C(=O)NC)cc2C)CC1. The smallest absolute Gasteiger partial charge is 0.319 e. The van der Waals surface area contributed by atoms with E-state index < -0.39 is 6.04 Å². The van der Waals surface area contributed by atoms with Crippen molar-refractivity contribution in [2.24, 2.45) is 0 Å². The third kappa shape index (κ3) is 5.09. The first-order valence-electron chi connectivity index (χ1n) is 8.81. The molecule has 1 aliphatic heterocycles. The van der Waals surface area contributed by atoms with Crippen LogP contribution in [0.5, 0.6) is 0 Å². The standard InChI is InChI=1S/C18H29N5O2/c1-5-22-8-10-23(11-9-22)16-7-6-15(12-13(16)2)21-18(25)20-14(3)17(24)19-4/h6-7,12,14H,5,8-11H2,1-4H3,(H,19,24)(H2,20,21,25)/t14-/m1/s1. The summed E-state index contributed by atoms with van der Waals surface area (Å²) in [6.45, 7) is 11.2. The number of nitrogens with one attached hydrogen (secondary N) is 3. The molecule has 0 spiro atoms. The lowest BCUT2D eigenvalue weighted by Gasteiger charge is -2.36. The Morgan fingerprint density at radius 2 is 1.88 bits per heavy atom. The van der Waals surface area contributed by atoms with Gasteiger partial charge in [-0.2, -0.15) is 0 Å². The van der Waals surface area contributed by atoms with Gasteiger partial charge in [-0.3, -0.25) is 4.79 Å². The Hall–Kier alpha value is -2.28. The average Bonchev–Trinajstić information content (AvgIpc) is 2.61. The zero-order valence-electron chi connectivity index (χ0n) is 15.6. The molecule has 1 aromatic carbocycles. The summed E-state index contributed by atoms with van der Waals surface area (Å²) >= 11 is 0. The molecule has 1 heterocycles. The van der Waals surface area contributed by atoms with Gasteiger partial charge in [-0.25, -0.2) is 4.79 Å². The maximum absolute atomic E-state index is 12.0. The molecule has 0 saturated carbocycles. The number of benzene rings is 1. The van der Waals surface area contributed by atoms with E-state index >= 15 is 0 Å². The van der Waals surface area contributed by atoms with E-state index in [1.165, 1.54) is 5.69 Å². The molecule has 1 aromatic rings. The monoisotopic (exact) mass is 347 g/mol. The number of hydrogen-bond acceptors (Lipinski definition) is 4. The molecule has 7 nitrogen and oxygen atoms in total. The number of aryl methyl sites for hydroxylation is 1.